The van der Waals surface area contributed by atoms with Gasteiger partial charge in [-0.05, 0) is 24.3 Å². The van der Waals surface area contributed by atoms with Crippen LogP contribution in [0.4, 0.5) is 0 Å². The third-order valence-electron chi connectivity index (χ3n) is 2.66. The van der Waals surface area contributed by atoms with Crippen molar-refractivity contribution in [1.29, 1.82) is 0 Å². The molecule has 16 heavy (non-hydrogen) atoms. The van der Waals surface area contributed by atoms with Crippen molar-refractivity contribution in [2.24, 2.45) is 0 Å². The summed E-state index contributed by atoms with van der Waals surface area (Å²) in [6.45, 7) is 0. The molecule has 0 aromatic carbocycles. The maximum Gasteiger partial charge on any atom is 0.342 e. The predicted octanol–water partition coefficient (Wildman–Crippen LogP) is 1.01. The number of nitrogens with zero attached hydrogens (tertiary/aromatic N) is 2. The van der Waals surface area contributed by atoms with Crippen molar-refractivity contribution in [3.63, 3.8) is 0 Å². The number of rotatable bonds is 2. The number of aromatic nitrogens is 2. The highest BCUT2D eigenvalue weighted by Crippen LogP contribution is 2.26. The van der Waals surface area contributed by atoms with Gasteiger partial charge in [0, 0.05) is 12.2 Å². The molecule has 1 aromatic heterocycles. The van der Waals surface area contributed by atoms with Gasteiger partial charge in [-0.2, -0.15) is 16.7 Å². The molecule has 0 spiro atoms. The summed E-state index contributed by atoms with van der Waals surface area (Å²) < 4.78 is 1.75. The Morgan fingerprint density at radius 1 is 1.50 bits per heavy atom. The number of aromatic carboxylic acids is 1. The van der Waals surface area contributed by atoms with Crippen molar-refractivity contribution in [3.05, 3.63) is 28.4 Å². The summed E-state index contributed by atoms with van der Waals surface area (Å²) in [4.78, 5) is 25.6. The molecule has 0 aliphatic carbocycles. The normalized spacial score (nSPS) is 17.2. The molecule has 0 amide bonds. The van der Waals surface area contributed by atoms with Crippen molar-refractivity contribution in [2.45, 2.75) is 18.9 Å². The zero-order valence-corrected chi connectivity index (χ0v) is 9.44. The number of carbonyl (C=O) groups is 1. The molecule has 0 saturated carbocycles. The number of hydrogen-bond acceptors (Lipinski definition) is 4. The van der Waals surface area contributed by atoms with Crippen LogP contribution in [0.5, 0.6) is 0 Å². The first-order valence-corrected chi connectivity index (χ1v) is 6.23. The Labute approximate surface area is 96.5 Å². The lowest BCUT2D eigenvalue weighted by Gasteiger charge is -2.23. The predicted molar refractivity (Wildman–Crippen MR) is 61.1 cm³/mol. The van der Waals surface area contributed by atoms with E-state index in [2.05, 4.69) is 4.98 Å². The molecule has 2 heterocycles. The van der Waals surface area contributed by atoms with Crippen molar-refractivity contribution in [2.75, 3.05) is 11.5 Å². The summed E-state index contributed by atoms with van der Waals surface area (Å²) in [7, 11) is 0. The lowest BCUT2D eigenvalue weighted by Crippen LogP contribution is -2.23. The van der Waals surface area contributed by atoms with Gasteiger partial charge in [-0.3, -0.25) is 4.79 Å². The Bertz CT molecular complexity index is 452. The van der Waals surface area contributed by atoms with Gasteiger partial charge in [0.15, 0.2) is 0 Å². The lowest BCUT2D eigenvalue weighted by molar-refractivity contribution is 0.0693. The summed E-state index contributed by atoms with van der Waals surface area (Å²) in [5, 5.41) is 8.83. The minimum Gasteiger partial charge on any atom is -0.477 e. The Balaban J connectivity index is 2.31. The van der Waals surface area contributed by atoms with E-state index in [1.165, 1.54) is 12.5 Å². The molecule has 1 saturated heterocycles. The van der Waals surface area contributed by atoms with Gasteiger partial charge in [-0.15, -0.1) is 0 Å². The van der Waals surface area contributed by atoms with Gasteiger partial charge in [-0.1, -0.05) is 0 Å². The van der Waals surface area contributed by atoms with Crippen molar-refractivity contribution in [3.8, 4) is 0 Å². The molecule has 2 rings (SSSR count). The highest BCUT2D eigenvalue weighted by atomic mass is 32.2. The standard InChI is InChI=1S/C10H12N2O3S/c13-9-8(10(14)15)5-12(6-11-9)7-1-3-16-4-2-7/h5-7H,1-4H2,(H,14,15). The minimum atomic E-state index is -1.21. The van der Waals surface area contributed by atoms with Crippen LogP contribution < -0.4 is 5.56 Å². The maximum atomic E-state index is 11.2. The minimum absolute atomic E-state index is 0.249. The summed E-state index contributed by atoms with van der Waals surface area (Å²) in [6, 6.07) is 0.271. The fourth-order valence-electron chi connectivity index (χ4n) is 1.76. The summed E-state index contributed by atoms with van der Waals surface area (Å²) in [5.41, 5.74) is -0.922. The largest absolute Gasteiger partial charge is 0.477 e. The van der Waals surface area contributed by atoms with Crippen molar-refractivity contribution in [1.82, 2.24) is 9.55 Å². The van der Waals surface area contributed by atoms with E-state index in [1.54, 1.807) is 4.57 Å². The third kappa shape index (κ3) is 2.27. The van der Waals surface area contributed by atoms with E-state index in [1.807, 2.05) is 11.8 Å². The lowest BCUT2D eigenvalue weighted by atomic mass is 10.1. The molecule has 1 aliphatic rings. The summed E-state index contributed by atoms with van der Waals surface area (Å²) in [6.07, 6.45) is 4.83. The van der Waals surface area contributed by atoms with Crippen LogP contribution >= 0.6 is 11.8 Å². The highest BCUT2D eigenvalue weighted by molar-refractivity contribution is 7.99. The van der Waals surface area contributed by atoms with Crippen LogP contribution in [0, 0.1) is 0 Å². The fourth-order valence-corrected chi connectivity index (χ4v) is 2.84. The van der Waals surface area contributed by atoms with Crippen molar-refractivity contribution >= 4 is 17.7 Å². The van der Waals surface area contributed by atoms with Gasteiger partial charge >= 0.3 is 5.97 Å². The van der Waals surface area contributed by atoms with E-state index in [0.717, 1.165) is 24.3 Å². The topological polar surface area (TPSA) is 72.2 Å². The second-order valence-corrected chi connectivity index (χ2v) is 4.91. The molecule has 1 aromatic rings. The van der Waals surface area contributed by atoms with E-state index in [0.29, 0.717) is 0 Å². The van der Waals surface area contributed by atoms with Gasteiger partial charge in [0.2, 0.25) is 0 Å². The van der Waals surface area contributed by atoms with Gasteiger partial charge < -0.3 is 9.67 Å². The highest BCUT2D eigenvalue weighted by Gasteiger charge is 2.17. The van der Waals surface area contributed by atoms with Crippen LogP contribution in [-0.4, -0.2) is 32.1 Å². The molecule has 0 bridgehead atoms. The van der Waals surface area contributed by atoms with Gasteiger partial charge in [-0.25, -0.2) is 4.79 Å². The quantitative estimate of drug-likeness (QED) is 0.835. The van der Waals surface area contributed by atoms with Crippen LogP contribution in [0.2, 0.25) is 0 Å². The van der Waals surface area contributed by atoms with E-state index in [9.17, 15) is 9.59 Å². The zero-order chi connectivity index (χ0) is 11.5. The van der Waals surface area contributed by atoms with E-state index in [-0.39, 0.29) is 11.6 Å². The molecule has 6 heteroatoms. The second kappa shape index (κ2) is 4.69. The Morgan fingerprint density at radius 3 is 2.81 bits per heavy atom. The van der Waals surface area contributed by atoms with Crippen LogP contribution in [0.25, 0.3) is 0 Å². The maximum absolute atomic E-state index is 11.2. The second-order valence-electron chi connectivity index (χ2n) is 3.69. The Morgan fingerprint density at radius 2 is 2.19 bits per heavy atom. The molecular weight excluding hydrogens is 228 g/mol. The molecule has 86 valence electrons. The van der Waals surface area contributed by atoms with Crippen LogP contribution in [-0.2, 0) is 0 Å². The summed E-state index contributed by atoms with van der Waals surface area (Å²) in [5.74, 6) is 0.926. The van der Waals surface area contributed by atoms with Gasteiger partial charge in [0.05, 0.1) is 6.33 Å². The first-order valence-electron chi connectivity index (χ1n) is 5.07. The number of carboxylic acids is 1. The molecule has 0 unspecified atom stereocenters. The molecule has 1 aliphatic heterocycles. The Hall–Kier alpha value is -1.30. The monoisotopic (exact) mass is 240 g/mol. The molecule has 1 fully saturated rings. The summed E-state index contributed by atoms with van der Waals surface area (Å²) >= 11 is 1.90. The van der Waals surface area contributed by atoms with E-state index in [4.69, 9.17) is 5.11 Å². The molecule has 0 radical (unpaired) electrons. The zero-order valence-electron chi connectivity index (χ0n) is 8.63. The first kappa shape index (κ1) is 11.2. The van der Waals surface area contributed by atoms with Gasteiger partial charge in [0.1, 0.15) is 5.56 Å². The van der Waals surface area contributed by atoms with Crippen molar-refractivity contribution < 1.29 is 9.90 Å². The first-order chi connectivity index (χ1) is 7.68. The van der Waals surface area contributed by atoms with Crippen LogP contribution in [0.15, 0.2) is 17.3 Å². The average Bonchev–Trinajstić information content (AvgIpc) is 2.30. The SMILES string of the molecule is O=C(O)c1cn(C2CCSCC2)cnc1=O. The number of carboxylic acid groups (broad SMARTS) is 1. The molecular formula is C10H12N2O3S. The van der Waals surface area contributed by atoms with Crippen LogP contribution in [0.1, 0.15) is 29.2 Å². The van der Waals surface area contributed by atoms with E-state index < -0.39 is 11.5 Å². The molecule has 1 N–H and O–H groups in total. The number of thioether (sulfide) groups is 1. The average molecular weight is 240 g/mol. The van der Waals surface area contributed by atoms with E-state index >= 15 is 0 Å². The molecule has 0 atom stereocenters. The number of hydrogen-bond donors (Lipinski definition) is 1. The third-order valence-corrected chi connectivity index (χ3v) is 3.71. The fraction of sp³-hybridized carbons (Fsp3) is 0.500. The molecule has 5 nitrogen and oxygen atoms in total. The van der Waals surface area contributed by atoms with Crippen LogP contribution in [0.3, 0.4) is 0 Å². The van der Waals surface area contributed by atoms with Gasteiger partial charge in [0.25, 0.3) is 5.56 Å². The Kier molecular flexibility index (Phi) is 3.28. The smallest absolute Gasteiger partial charge is 0.342 e.